The molecule has 0 aromatic heterocycles. The number of rotatable bonds is 0. The van der Waals surface area contributed by atoms with Gasteiger partial charge >= 0.3 is 0 Å². The molecule has 1 saturated heterocycles. The van der Waals surface area contributed by atoms with Crippen LogP contribution in [0.3, 0.4) is 0 Å². The highest BCUT2D eigenvalue weighted by Gasteiger charge is 2.10. The molecule has 1 aliphatic heterocycles. The topological polar surface area (TPSA) is 9.23 Å². The van der Waals surface area contributed by atoms with Crippen LogP contribution in [0.2, 0.25) is 0 Å². The summed E-state index contributed by atoms with van der Waals surface area (Å²) in [6.07, 6.45) is 0.916. The normalized spacial score (nSPS) is 20.0. The minimum atomic E-state index is 0.597. The zero-order chi connectivity index (χ0) is 5.28. The van der Waals surface area contributed by atoms with Crippen LogP contribution >= 0.6 is 12.2 Å². The quantitative estimate of drug-likeness (QED) is 0.346. The molecular formula is C5H6OS. The van der Waals surface area contributed by atoms with E-state index in [-0.39, 0.29) is 0 Å². The van der Waals surface area contributed by atoms with E-state index in [1.54, 1.807) is 0 Å². The molecule has 38 valence electrons. The Morgan fingerprint density at radius 1 is 1.71 bits per heavy atom. The molecule has 0 saturated carbocycles. The van der Waals surface area contributed by atoms with E-state index >= 15 is 0 Å². The maximum atomic E-state index is 4.90. The first-order valence-electron chi connectivity index (χ1n) is 2.15. The lowest BCUT2D eigenvalue weighted by atomic mass is 10.3. The first-order chi connectivity index (χ1) is 3.30. The first kappa shape index (κ1) is 4.78. The van der Waals surface area contributed by atoms with E-state index in [0.717, 1.165) is 18.6 Å². The van der Waals surface area contributed by atoms with Gasteiger partial charge in [-0.25, -0.2) is 0 Å². The molecule has 0 aromatic rings. The summed E-state index contributed by atoms with van der Waals surface area (Å²) in [5, 5.41) is 0.597. The van der Waals surface area contributed by atoms with Crippen LogP contribution in [-0.2, 0) is 4.74 Å². The smallest absolute Gasteiger partial charge is 0.186 e. The third-order valence-electron chi connectivity index (χ3n) is 0.926. The average molecular weight is 114 g/mol. The summed E-state index contributed by atoms with van der Waals surface area (Å²) in [5.41, 5.74) is 0.968. The summed E-state index contributed by atoms with van der Waals surface area (Å²) >= 11 is 4.72. The minimum absolute atomic E-state index is 0.597. The Morgan fingerprint density at radius 3 is 2.57 bits per heavy atom. The molecule has 0 N–H and O–H groups in total. The molecule has 0 amide bonds. The van der Waals surface area contributed by atoms with Crippen molar-refractivity contribution >= 4 is 17.3 Å². The molecule has 0 bridgehead atoms. The van der Waals surface area contributed by atoms with Crippen LogP contribution in [0.1, 0.15) is 6.42 Å². The van der Waals surface area contributed by atoms with Crippen LogP contribution in [0.25, 0.3) is 0 Å². The minimum Gasteiger partial charge on any atom is -0.483 e. The van der Waals surface area contributed by atoms with Gasteiger partial charge in [-0.1, -0.05) is 6.58 Å². The van der Waals surface area contributed by atoms with Gasteiger partial charge in [0.25, 0.3) is 0 Å². The van der Waals surface area contributed by atoms with Crippen molar-refractivity contribution in [3.05, 3.63) is 12.2 Å². The molecule has 0 aliphatic carbocycles. The Bertz CT molecular complexity index is 103. The molecular weight excluding hydrogens is 108 g/mol. The highest BCUT2D eigenvalue weighted by atomic mass is 32.1. The second-order valence-corrected chi connectivity index (χ2v) is 1.86. The van der Waals surface area contributed by atoms with Gasteiger partial charge in [0.2, 0.25) is 0 Å². The molecule has 1 nitrogen and oxygen atoms in total. The monoisotopic (exact) mass is 114 g/mol. The lowest BCUT2D eigenvalue weighted by Crippen LogP contribution is -1.87. The molecule has 1 aliphatic rings. The molecule has 1 heterocycles. The van der Waals surface area contributed by atoms with Crippen molar-refractivity contribution in [2.24, 2.45) is 0 Å². The van der Waals surface area contributed by atoms with Crippen LogP contribution in [0.4, 0.5) is 0 Å². The molecule has 0 unspecified atom stereocenters. The Kier molecular flexibility index (Phi) is 1.11. The molecule has 0 aromatic carbocycles. The van der Waals surface area contributed by atoms with E-state index in [2.05, 4.69) is 6.58 Å². The molecule has 7 heavy (non-hydrogen) atoms. The van der Waals surface area contributed by atoms with Crippen molar-refractivity contribution in [1.29, 1.82) is 0 Å². The van der Waals surface area contributed by atoms with E-state index in [4.69, 9.17) is 17.0 Å². The van der Waals surface area contributed by atoms with Crippen LogP contribution in [-0.4, -0.2) is 11.7 Å². The van der Waals surface area contributed by atoms with Crippen LogP contribution in [0, 0.1) is 0 Å². The maximum absolute atomic E-state index is 4.90. The molecule has 0 atom stereocenters. The predicted molar refractivity (Wildman–Crippen MR) is 32.3 cm³/mol. The Balaban J connectivity index is 2.65. The molecule has 1 rings (SSSR count). The van der Waals surface area contributed by atoms with Gasteiger partial charge in [0, 0.05) is 12.0 Å². The van der Waals surface area contributed by atoms with Crippen molar-refractivity contribution < 1.29 is 4.74 Å². The summed E-state index contributed by atoms with van der Waals surface area (Å²) in [7, 11) is 0. The van der Waals surface area contributed by atoms with Crippen molar-refractivity contribution in [1.82, 2.24) is 0 Å². The second-order valence-electron chi connectivity index (χ2n) is 1.49. The Labute approximate surface area is 48.0 Å². The summed E-state index contributed by atoms with van der Waals surface area (Å²) in [4.78, 5) is 0. The molecule has 0 radical (unpaired) electrons. The number of hydrogen-bond acceptors (Lipinski definition) is 2. The first-order valence-corrected chi connectivity index (χ1v) is 2.56. The van der Waals surface area contributed by atoms with Crippen LogP contribution < -0.4 is 0 Å². The van der Waals surface area contributed by atoms with Crippen molar-refractivity contribution in [3.63, 3.8) is 0 Å². The standard InChI is InChI=1S/C5H6OS/c1-4-2-3-6-5(4)7/h1-3H2. The van der Waals surface area contributed by atoms with Crippen LogP contribution in [0.5, 0.6) is 0 Å². The zero-order valence-electron chi connectivity index (χ0n) is 3.94. The van der Waals surface area contributed by atoms with E-state index in [1.807, 2.05) is 0 Å². The van der Waals surface area contributed by atoms with Crippen molar-refractivity contribution in [2.45, 2.75) is 6.42 Å². The average Bonchev–Trinajstić information content (AvgIpc) is 1.91. The van der Waals surface area contributed by atoms with Gasteiger partial charge in [0.05, 0.1) is 6.61 Å². The SMILES string of the molecule is C=C1CCOC1=S. The highest BCUT2D eigenvalue weighted by Crippen LogP contribution is 2.10. The Hall–Kier alpha value is -0.370. The Morgan fingerprint density at radius 2 is 2.43 bits per heavy atom. The van der Waals surface area contributed by atoms with Crippen molar-refractivity contribution in [2.75, 3.05) is 6.61 Å². The van der Waals surface area contributed by atoms with Gasteiger partial charge in [-0.2, -0.15) is 0 Å². The number of hydrogen-bond donors (Lipinski definition) is 0. The summed E-state index contributed by atoms with van der Waals surface area (Å²) < 4.78 is 4.90. The third-order valence-corrected chi connectivity index (χ3v) is 1.33. The van der Waals surface area contributed by atoms with Gasteiger partial charge in [-0.3, -0.25) is 0 Å². The molecule has 2 heteroatoms. The van der Waals surface area contributed by atoms with Gasteiger partial charge in [-0.05, 0) is 12.2 Å². The summed E-state index contributed by atoms with van der Waals surface area (Å²) in [5.74, 6) is 0. The van der Waals surface area contributed by atoms with E-state index in [1.165, 1.54) is 0 Å². The van der Waals surface area contributed by atoms with E-state index in [0.29, 0.717) is 5.05 Å². The predicted octanol–water partition coefficient (Wildman–Crippen LogP) is 1.29. The zero-order valence-corrected chi connectivity index (χ0v) is 4.75. The van der Waals surface area contributed by atoms with E-state index in [9.17, 15) is 0 Å². The van der Waals surface area contributed by atoms with Gasteiger partial charge < -0.3 is 4.74 Å². The van der Waals surface area contributed by atoms with Gasteiger partial charge in [-0.15, -0.1) is 0 Å². The lowest BCUT2D eigenvalue weighted by Gasteiger charge is -1.87. The molecule has 0 spiro atoms. The lowest BCUT2D eigenvalue weighted by molar-refractivity contribution is 0.351. The fourth-order valence-corrected chi connectivity index (χ4v) is 0.656. The summed E-state index contributed by atoms with van der Waals surface area (Å²) in [6, 6.07) is 0. The number of thiocarbonyl (C=S) groups is 1. The van der Waals surface area contributed by atoms with E-state index < -0.39 is 0 Å². The fourth-order valence-electron chi connectivity index (χ4n) is 0.471. The largest absolute Gasteiger partial charge is 0.483 e. The third kappa shape index (κ3) is 0.800. The van der Waals surface area contributed by atoms with Gasteiger partial charge in [0.1, 0.15) is 0 Å². The fraction of sp³-hybridized carbons (Fsp3) is 0.400. The molecule has 1 fully saturated rings. The van der Waals surface area contributed by atoms with Crippen LogP contribution in [0.15, 0.2) is 12.2 Å². The maximum Gasteiger partial charge on any atom is 0.186 e. The highest BCUT2D eigenvalue weighted by molar-refractivity contribution is 7.80. The number of ether oxygens (including phenoxy) is 1. The van der Waals surface area contributed by atoms with Gasteiger partial charge in [0.15, 0.2) is 5.05 Å². The summed E-state index contributed by atoms with van der Waals surface area (Å²) in [6.45, 7) is 4.40. The second kappa shape index (κ2) is 1.62. The van der Waals surface area contributed by atoms with Crippen molar-refractivity contribution in [3.8, 4) is 0 Å².